The highest BCUT2D eigenvalue weighted by atomic mass is 16.5. The number of nitrogens with two attached hydrogens (primary N) is 1. The van der Waals surface area contributed by atoms with Crippen LogP contribution in [-0.4, -0.2) is 21.9 Å². The van der Waals surface area contributed by atoms with E-state index in [9.17, 15) is 0 Å². The normalized spacial score (nSPS) is 18.4. The molecule has 1 aliphatic rings. The van der Waals surface area contributed by atoms with Crippen molar-refractivity contribution in [2.45, 2.75) is 25.4 Å². The molecule has 0 fully saturated rings. The average molecular weight is 244 g/mol. The predicted octanol–water partition coefficient (Wildman–Crippen LogP) is 1.75. The summed E-state index contributed by atoms with van der Waals surface area (Å²) in [4.78, 5) is 0. The Morgan fingerprint density at radius 3 is 3.11 bits per heavy atom. The lowest BCUT2D eigenvalue weighted by Gasteiger charge is -2.20. The number of methoxy groups -OCH3 is 1. The summed E-state index contributed by atoms with van der Waals surface area (Å²) in [6.07, 6.45) is 2.05. The summed E-state index contributed by atoms with van der Waals surface area (Å²) in [7, 11) is 1.66. The summed E-state index contributed by atoms with van der Waals surface area (Å²) in [5.41, 5.74) is 7.06. The van der Waals surface area contributed by atoms with Gasteiger partial charge in [0.25, 0.3) is 0 Å². The van der Waals surface area contributed by atoms with Crippen molar-refractivity contribution in [3.63, 3.8) is 0 Å². The lowest BCUT2D eigenvalue weighted by molar-refractivity contribution is 0.415. The summed E-state index contributed by atoms with van der Waals surface area (Å²) in [5, 5.41) is 8.49. The third kappa shape index (κ3) is 1.76. The molecule has 5 heteroatoms. The van der Waals surface area contributed by atoms with E-state index in [1.54, 1.807) is 7.11 Å². The Morgan fingerprint density at radius 2 is 2.28 bits per heavy atom. The Labute approximate surface area is 106 Å². The van der Waals surface area contributed by atoms with Gasteiger partial charge in [-0.05, 0) is 25.0 Å². The van der Waals surface area contributed by atoms with Gasteiger partial charge in [0.2, 0.25) is 0 Å². The SMILES string of the molecule is COc1cccc(-c2nnc3n2CCCC3N)c1. The maximum absolute atomic E-state index is 6.05. The van der Waals surface area contributed by atoms with E-state index in [1.165, 1.54) is 0 Å². The fraction of sp³-hybridized carbons (Fsp3) is 0.385. The van der Waals surface area contributed by atoms with Crippen LogP contribution >= 0.6 is 0 Å². The molecule has 2 N–H and O–H groups in total. The van der Waals surface area contributed by atoms with E-state index in [2.05, 4.69) is 14.8 Å². The molecule has 5 nitrogen and oxygen atoms in total. The maximum Gasteiger partial charge on any atom is 0.164 e. The molecule has 1 unspecified atom stereocenters. The lowest BCUT2D eigenvalue weighted by atomic mass is 10.1. The van der Waals surface area contributed by atoms with E-state index in [1.807, 2.05) is 24.3 Å². The third-order valence-electron chi connectivity index (χ3n) is 3.34. The van der Waals surface area contributed by atoms with Gasteiger partial charge < -0.3 is 15.0 Å². The Balaban J connectivity index is 2.06. The van der Waals surface area contributed by atoms with Crippen molar-refractivity contribution >= 4 is 0 Å². The van der Waals surface area contributed by atoms with Crippen LogP contribution in [0.3, 0.4) is 0 Å². The zero-order valence-corrected chi connectivity index (χ0v) is 10.3. The highest BCUT2D eigenvalue weighted by Gasteiger charge is 2.22. The van der Waals surface area contributed by atoms with Crippen LogP contribution in [0, 0.1) is 0 Å². The smallest absolute Gasteiger partial charge is 0.164 e. The van der Waals surface area contributed by atoms with Crippen molar-refractivity contribution < 1.29 is 4.74 Å². The first kappa shape index (κ1) is 11.2. The molecule has 0 aliphatic carbocycles. The van der Waals surface area contributed by atoms with Crippen LogP contribution in [0.1, 0.15) is 24.7 Å². The molecule has 0 spiro atoms. The lowest BCUT2D eigenvalue weighted by Crippen LogP contribution is -2.22. The molecular weight excluding hydrogens is 228 g/mol. The van der Waals surface area contributed by atoms with Gasteiger partial charge >= 0.3 is 0 Å². The summed E-state index contributed by atoms with van der Waals surface area (Å²) in [6.45, 7) is 0.933. The van der Waals surface area contributed by atoms with E-state index in [0.717, 1.165) is 42.3 Å². The fourth-order valence-electron chi connectivity index (χ4n) is 2.38. The summed E-state index contributed by atoms with van der Waals surface area (Å²) in [6, 6.07) is 7.86. The number of hydrogen-bond donors (Lipinski definition) is 1. The average Bonchev–Trinajstić information content (AvgIpc) is 2.84. The molecule has 0 amide bonds. The minimum absolute atomic E-state index is 0.00519. The van der Waals surface area contributed by atoms with Crippen molar-refractivity contribution in [2.24, 2.45) is 5.73 Å². The quantitative estimate of drug-likeness (QED) is 0.874. The summed E-state index contributed by atoms with van der Waals surface area (Å²) >= 11 is 0. The fourth-order valence-corrected chi connectivity index (χ4v) is 2.38. The van der Waals surface area contributed by atoms with Crippen LogP contribution in [0.15, 0.2) is 24.3 Å². The van der Waals surface area contributed by atoms with Crippen LogP contribution in [0.2, 0.25) is 0 Å². The van der Waals surface area contributed by atoms with Crippen molar-refractivity contribution in [2.75, 3.05) is 7.11 Å². The topological polar surface area (TPSA) is 66.0 Å². The second-order valence-electron chi connectivity index (χ2n) is 4.51. The number of rotatable bonds is 2. The molecule has 0 saturated carbocycles. The second kappa shape index (κ2) is 4.42. The molecule has 0 bridgehead atoms. The monoisotopic (exact) mass is 244 g/mol. The standard InChI is InChI=1S/C13H16N4O/c1-18-10-5-2-4-9(8-10)12-15-16-13-11(14)6-3-7-17(12)13/h2,4-5,8,11H,3,6-7,14H2,1H3. The van der Waals surface area contributed by atoms with Gasteiger partial charge in [-0.15, -0.1) is 10.2 Å². The largest absolute Gasteiger partial charge is 0.497 e. The molecule has 1 atom stereocenters. The molecule has 1 aliphatic heterocycles. The van der Waals surface area contributed by atoms with Crippen LogP contribution in [0.25, 0.3) is 11.4 Å². The van der Waals surface area contributed by atoms with Gasteiger partial charge in [0, 0.05) is 12.1 Å². The highest BCUT2D eigenvalue weighted by molar-refractivity contribution is 5.58. The van der Waals surface area contributed by atoms with Gasteiger partial charge in [-0.2, -0.15) is 0 Å². The molecule has 0 saturated heterocycles. The Morgan fingerprint density at radius 1 is 1.39 bits per heavy atom. The molecule has 3 rings (SSSR count). The van der Waals surface area contributed by atoms with Gasteiger partial charge in [-0.25, -0.2) is 0 Å². The molecule has 94 valence electrons. The minimum atomic E-state index is 0.00519. The molecule has 2 heterocycles. The van der Waals surface area contributed by atoms with E-state index in [0.29, 0.717) is 0 Å². The second-order valence-corrected chi connectivity index (χ2v) is 4.51. The molecule has 0 radical (unpaired) electrons. The Bertz CT molecular complexity index is 564. The Hall–Kier alpha value is -1.88. The van der Waals surface area contributed by atoms with E-state index >= 15 is 0 Å². The van der Waals surface area contributed by atoms with Gasteiger partial charge in [-0.1, -0.05) is 12.1 Å². The summed E-state index contributed by atoms with van der Waals surface area (Å²) in [5.74, 6) is 2.59. The van der Waals surface area contributed by atoms with E-state index in [4.69, 9.17) is 10.5 Å². The molecule has 1 aromatic carbocycles. The van der Waals surface area contributed by atoms with Crippen LogP contribution in [0.4, 0.5) is 0 Å². The molecular formula is C13H16N4O. The van der Waals surface area contributed by atoms with Crippen molar-refractivity contribution in [1.29, 1.82) is 0 Å². The van der Waals surface area contributed by atoms with Gasteiger partial charge in [0.05, 0.1) is 13.2 Å². The number of hydrogen-bond acceptors (Lipinski definition) is 4. The first-order valence-electron chi connectivity index (χ1n) is 6.12. The summed E-state index contributed by atoms with van der Waals surface area (Å²) < 4.78 is 7.35. The zero-order valence-electron chi connectivity index (χ0n) is 10.3. The zero-order chi connectivity index (χ0) is 12.5. The number of aromatic nitrogens is 3. The molecule has 2 aromatic rings. The number of fused-ring (bicyclic) bond motifs is 1. The van der Waals surface area contributed by atoms with Crippen molar-refractivity contribution in [3.05, 3.63) is 30.1 Å². The first-order valence-corrected chi connectivity index (χ1v) is 6.12. The minimum Gasteiger partial charge on any atom is -0.497 e. The number of ether oxygens (including phenoxy) is 1. The van der Waals surface area contributed by atoms with Crippen molar-refractivity contribution in [3.8, 4) is 17.1 Å². The third-order valence-corrected chi connectivity index (χ3v) is 3.34. The first-order chi connectivity index (χ1) is 8.79. The molecule has 18 heavy (non-hydrogen) atoms. The van der Waals surface area contributed by atoms with Crippen LogP contribution in [0.5, 0.6) is 5.75 Å². The Kier molecular flexibility index (Phi) is 2.76. The van der Waals surface area contributed by atoms with Gasteiger partial charge in [0.15, 0.2) is 5.82 Å². The van der Waals surface area contributed by atoms with Gasteiger partial charge in [0.1, 0.15) is 11.6 Å². The highest BCUT2D eigenvalue weighted by Crippen LogP contribution is 2.28. The maximum atomic E-state index is 6.05. The number of nitrogens with zero attached hydrogens (tertiary/aromatic N) is 3. The van der Waals surface area contributed by atoms with Crippen molar-refractivity contribution in [1.82, 2.24) is 14.8 Å². The molecule has 1 aromatic heterocycles. The van der Waals surface area contributed by atoms with E-state index < -0.39 is 0 Å². The van der Waals surface area contributed by atoms with Crippen LogP contribution in [-0.2, 0) is 6.54 Å². The predicted molar refractivity (Wildman–Crippen MR) is 68.2 cm³/mol. The number of benzene rings is 1. The van der Waals surface area contributed by atoms with Gasteiger partial charge in [-0.3, -0.25) is 0 Å². The van der Waals surface area contributed by atoms with E-state index in [-0.39, 0.29) is 6.04 Å². The van der Waals surface area contributed by atoms with Crippen LogP contribution < -0.4 is 10.5 Å².